The fourth-order valence-electron chi connectivity index (χ4n) is 1.32. The fraction of sp³-hybridized carbons (Fsp3) is 0.583. The summed E-state index contributed by atoms with van der Waals surface area (Å²) in [5.74, 6) is -1.07. The number of hydrogen-bond donors (Lipinski definition) is 3. The summed E-state index contributed by atoms with van der Waals surface area (Å²) in [6, 6.07) is -0.298. The van der Waals surface area contributed by atoms with Crippen LogP contribution in [0.2, 0.25) is 0 Å². The number of amides is 2. The average molecular weight is 284 g/mol. The van der Waals surface area contributed by atoms with Crippen LogP contribution in [0.4, 0.5) is 4.79 Å². The van der Waals surface area contributed by atoms with Crippen LogP contribution in [0, 0.1) is 0 Å². The van der Waals surface area contributed by atoms with Gasteiger partial charge in [0.05, 0.1) is 11.9 Å². The van der Waals surface area contributed by atoms with Gasteiger partial charge in [-0.3, -0.25) is 0 Å². The molecule has 0 unspecified atom stereocenters. The number of rotatable bonds is 7. The lowest BCUT2D eigenvalue weighted by Gasteiger charge is -2.23. The molecule has 1 aromatic rings. The Hall–Kier alpha value is -2.09. The van der Waals surface area contributed by atoms with Crippen LogP contribution < -0.4 is 10.6 Å². The molecule has 1 heterocycles. The van der Waals surface area contributed by atoms with Crippen molar-refractivity contribution in [2.45, 2.75) is 26.0 Å². The van der Waals surface area contributed by atoms with Gasteiger partial charge in [-0.2, -0.15) is 0 Å². The lowest BCUT2D eigenvalue weighted by molar-refractivity contribution is 0.0254. The van der Waals surface area contributed by atoms with E-state index >= 15 is 0 Å². The highest BCUT2D eigenvalue weighted by Gasteiger charge is 2.16. The second kappa shape index (κ2) is 6.90. The first-order valence-corrected chi connectivity index (χ1v) is 6.16. The SMILES string of the molecule is COC(C)(C)CNC(=O)NCCn1cnc(C(=O)O)c1. The van der Waals surface area contributed by atoms with Gasteiger partial charge in [-0.1, -0.05) is 0 Å². The summed E-state index contributed by atoms with van der Waals surface area (Å²) in [5, 5.41) is 14.1. The highest BCUT2D eigenvalue weighted by Crippen LogP contribution is 2.04. The Morgan fingerprint density at radius 1 is 1.45 bits per heavy atom. The lowest BCUT2D eigenvalue weighted by Crippen LogP contribution is -2.44. The second-order valence-electron chi connectivity index (χ2n) is 4.88. The summed E-state index contributed by atoms with van der Waals surface area (Å²) >= 11 is 0. The Bertz CT molecular complexity index is 470. The monoisotopic (exact) mass is 284 g/mol. The van der Waals surface area contributed by atoms with E-state index in [1.54, 1.807) is 11.7 Å². The third-order valence-corrected chi connectivity index (χ3v) is 2.74. The van der Waals surface area contributed by atoms with E-state index in [9.17, 15) is 9.59 Å². The summed E-state index contributed by atoms with van der Waals surface area (Å²) in [5.41, 5.74) is -0.436. The molecule has 0 spiro atoms. The van der Waals surface area contributed by atoms with Gasteiger partial charge in [0.2, 0.25) is 0 Å². The van der Waals surface area contributed by atoms with Crippen molar-refractivity contribution in [3.8, 4) is 0 Å². The smallest absolute Gasteiger partial charge is 0.356 e. The van der Waals surface area contributed by atoms with E-state index in [2.05, 4.69) is 15.6 Å². The largest absolute Gasteiger partial charge is 0.476 e. The predicted molar refractivity (Wildman–Crippen MR) is 71.7 cm³/mol. The third-order valence-electron chi connectivity index (χ3n) is 2.74. The Morgan fingerprint density at radius 3 is 2.70 bits per heavy atom. The predicted octanol–water partition coefficient (Wildman–Crippen LogP) is 0.306. The third kappa shape index (κ3) is 5.27. The first kappa shape index (κ1) is 16.0. The zero-order valence-corrected chi connectivity index (χ0v) is 11.8. The topological polar surface area (TPSA) is 105 Å². The van der Waals surface area contributed by atoms with E-state index in [1.165, 1.54) is 12.5 Å². The zero-order chi connectivity index (χ0) is 15.2. The number of nitrogens with one attached hydrogen (secondary N) is 2. The van der Waals surface area contributed by atoms with Crippen LogP contribution >= 0.6 is 0 Å². The molecule has 0 aliphatic heterocycles. The van der Waals surface area contributed by atoms with Crippen molar-refractivity contribution >= 4 is 12.0 Å². The minimum absolute atomic E-state index is 0.0173. The van der Waals surface area contributed by atoms with Crippen molar-refractivity contribution in [2.24, 2.45) is 0 Å². The zero-order valence-electron chi connectivity index (χ0n) is 11.8. The number of carboxylic acids is 1. The minimum atomic E-state index is -1.07. The number of methoxy groups -OCH3 is 1. The minimum Gasteiger partial charge on any atom is -0.476 e. The van der Waals surface area contributed by atoms with Crippen LogP contribution in [0.5, 0.6) is 0 Å². The number of carbonyl (C=O) groups excluding carboxylic acids is 1. The molecule has 0 aliphatic rings. The Labute approximate surface area is 117 Å². The fourth-order valence-corrected chi connectivity index (χ4v) is 1.32. The van der Waals surface area contributed by atoms with Crippen LogP contribution in [-0.4, -0.2) is 52.5 Å². The summed E-state index contributed by atoms with van der Waals surface area (Å²) < 4.78 is 6.78. The second-order valence-corrected chi connectivity index (χ2v) is 4.88. The van der Waals surface area contributed by atoms with Gasteiger partial charge in [-0.15, -0.1) is 0 Å². The molecule has 0 atom stereocenters. The first-order chi connectivity index (χ1) is 9.34. The van der Waals surface area contributed by atoms with Gasteiger partial charge in [-0.25, -0.2) is 14.6 Å². The van der Waals surface area contributed by atoms with Crippen LogP contribution in [0.25, 0.3) is 0 Å². The molecule has 8 nitrogen and oxygen atoms in total. The molecule has 0 saturated carbocycles. The molecule has 20 heavy (non-hydrogen) atoms. The Balaban J connectivity index is 2.26. The molecule has 0 fully saturated rings. The number of hydrogen-bond acceptors (Lipinski definition) is 4. The van der Waals surface area contributed by atoms with E-state index < -0.39 is 11.6 Å². The summed E-state index contributed by atoms with van der Waals surface area (Å²) in [4.78, 5) is 25.9. The van der Waals surface area contributed by atoms with E-state index in [4.69, 9.17) is 9.84 Å². The quantitative estimate of drug-likeness (QED) is 0.668. The number of ether oxygens (including phenoxy) is 1. The molecule has 3 N–H and O–H groups in total. The van der Waals surface area contributed by atoms with Crippen LogP contribution in [0.15, 0.2) is 12.5 Å². The average Bonchev–Trinajstić information content (AvgIpc) is 2.85. The standard InChI is InChI=1S/C12H20N4O4/c1-12(2,20-3)7-14-11(19)13-4-5-16-6-9(10(17)18)15-8-16/h6,8H,4-5,7H2,1-3H3,(H,17,18)(H2,13,14,19). The van der Waals surface area contributed by atoms with Crippen molar-refractivity contribution in [3.05, 3.63) is 18.2 Å². The molecule has 0 saturated heterocycles. The van der Waals surface area contributed by atoms with E-state index in [0.717, 1.165) is 0 Å². The summed E-state index contributed by atoms with van der Waals surface area (Å²) in [6.07, 6.45) is 2.83. The van der Waals surface area contributed by atoms with E-state index in [1.807, 2.05) is 13.8 Å². The molecule has 1 aromatic heterocycles. The Morgan fingerprint density at radius 2 is 2.15 bits per heavy atom. The van der Waals surface area contributed by atoms with Crippen LogP contribution in [-0.2, 0) is 11.3 Å². The van der Waals surface area contributed by atoms with Gasteiger partial charge in [0.25, 0.3) is 0 Å². The van der Waals surface area contributed by atoms with Crippen molar-refractivity contribution in [2.75, 3.05) is 20.2 Å². The van der Waals surface area contributed by atoms with Gasteiger partial charge in [0, 0.05) is 32.9 Å². The van der Waals surface area contributed by atoms with Gasteiger partial charge < -0.3 is 25.0 Å². The molecule has 1 rings (SSSR count). The van der Waals surface area contributed by atoms with E-state index in [0.29, 0.717) is 19.6 Å². The lowest BCUT2D eigenvalue weighted by atomic mass is 10.1. The maximum Gasteiger partial charge on any atom is 0.356 e. The number of aromatic nitrogens is 2. The van der Waals surface area contributed by atoms with Crippen LogP contribution in [0.3, 0.4) is 0 Å². The van der Waals surface area contributed by atoms with Gasteiger partial charge in [0.1, 0.15) is 0 Å². The number of carbonyl (C=O) groups is 2. The number of imidazole rings is 1. The number of aromatic carboxylic acids is 1. The molecule has 0 aliphatic carbocycles. The molecule has 2 amide bonds. The maximum absolute atomic E-state index is 11.5. The first-order valence-electron chi connectivity index (χ1n) is 6.16. The molecule has 0 bridgehead atoms. The van der Waals surface area contributed by atoms with Gasteiger partial charge in [0.15, 0.2) is 5.69 Å². The summed E-state index contributed by atoms with van der Waals surface area (Å²) in [6.45, 7) is 4.94. The highest BCUT2D eigenvalue weighted by atomic mass is 16.5. The number of nitrogens with zero attached hydrogens (tertiary/aromatic N) is 2. The van der Waals surface area contributed by atoms with E-state index in [-0.39, 0.29) is 11.7 Å². The molecule has 112 valence electrons. The Kier molecular flexibility index (Phi) is 5.51. The van der Waals surface area contributed by atoms with Crippen molar-refractivity contribution in [1.29, 1.82) is 0 Å². The van der Waals surface area contributed by atoms with Gasteiger partial charge in [-0.05, 0) is 13.8 Å². The van der Waals surface area contributed by atoms with Crippen LogP contribution in [0.1, 0.15) is 24.3 Å². The van der Waals surface area contributed by atoms with Crippen molar-refractivity contribution in [3.63, 3.8) is 0 Å². The number of carboxylic acid groups (broad SMARTS) is 1. The molecule has 0 radical (unpaired) electrons. The molecule has 8 heteroatoms. The highest BCUT2D eigenvalue weighted by molar-refractivity contribution is 5.84. The normalized spacial score (nSPS) is 11.2. The molecular formula is C12H20N4O4. The van der Waals surface area contributed by atoms with Crippen molar-refractivity contribution in [1.82, 2.24) is 20.2 Å². The van der Waals surface area contributed by atoms with Gasteiger partial charge >= 0.3 is 12.0 Å². The molecular weight excluding hydrogens is 264 g/mol. The van der Waals surface area contributed by atoms with Crippen molar-refractivity contribution < 1.29 is 19.4 Å². The molecule has 0 aromatic carbocycles. The number of urea groups is 1. The maximum atomic E-state index is 11.5. The summed E-state index contributed by atoms with van der Waals surface area (Å²) in [7, 11) is 1.58.